The number of hydroxylamine groups is 1. The highest BCUT2D eigenvalue weighted by Gasteiger charge is 2.30. The molecule has 154 valence electrons. The van der Waals surface area contributed by atoms with Crippen LogP contribution in [0.1, 0.15) is 36.8 Å². The molecule has 1 aromatic carbocycles. The zero-order valence-electron chi connectivity index (χ0n) is 17.1. The third kappa shape index (κ3) is 9.24. The number of likely N-dealkylation sites (N-methyl/N-ethyl adjacent to an activating group) is 1. The molecule has 0 spiro atoms. The lowest BCUT2D eigenvalue weighted by Gasteiger charge is -2.22. The quantitative estimate of drug-likeness (QED) is 0.187. The SMILES string of the molecule is COCCCCCC(c1ccc(C(F)(F)F)cc1)=[N+](C)OCC[N+](C)(C)C. The minimum Gasteiger partial charge on any atom is -0.385 e. The van der Waals surface area contributed by atoms with Crippen LogP contribution in [0.4, 0.5) is 13.2 Å². The number of halogens is 3. The summed E-state index contributed by atoms with van der Waals surface area (Å²) in [6.07, 6.45) is -0.724. The van der Waals surface area contributed by atoms with Crippen LogP contribution in [-0.4, -0.2) is 70.0 Å². The number of rotatable bonds is 11. The van der Waals surface area contributed by atoms with Gasteiger partial charge in [-0.15, -0.1) is 0 Å². The van der Waals surface area contributed by atoms with Crippen LogP contribution in [0.25, 0.3) is 0 Å². The summed E-state index contributed by atoms with van der Waals surface area (Å²) < 4.78 is 46.0. The molecule has 0 atom stereocenters. The van der Waals surface area contributed by atoms with Crippen molar-refractivity contribution < 1.29 is 32.0 Å². The number of quaternary nitrogens is 1. The summed E-state index contributed by atoms with van der Waals surface area (Å²) in [6, 6.07) is 5.29. The number of unbranched alkanes of at least 4 members (excludes halogenated alkanes) is 2. The summed E-state index contributed by atoms with van der Waals surface area (Å²) in [4.78, 5) is 5.84. The lowest BCUT2D eigenvalue weighted by atomic mass is 10.0. The molecular weight excluding hydrogens is 357 g/mol. The number of benzene rings is 1. The molecule has 1 rings (SSSR count). The summed E-state index contributed by atoms with van der Waals surface area (Å²) in [5.74, 6) is 0. The van der Waals surface area contributed by atoms with E-state index in [0.29, 0.717) is 13.2 Å². The Hall–Kier alpha value is -1.60. The van der Waals surface area contributed by atoms with E-state index in [9.17, 15) is 13.2 Å². The van der Waals surface area contributed by atoms with Gasteiger partial charge >= 0.3 is 6.18 Å². The number of nitrogens with zero attached hydrogens (tertiary/aromatic N) is 2. The highest BCUT2D eigenvalue weighted by molar-refractivity contribution is 5.96. The molecule has 0 fully saturated rings. The third-order valence-corrected chi connectivity index (χ3v) is 4.23. The molecule has 27 heavy (non-hydrogen) atoms. The van der Waals surface area contributed by atoms with Gasteiger partial charge in [0.15, 0.2) is 7.05 Å². The first-order valence-electron chi connectivity index (χ1n) is 9.24. The molecule has 0 saturated carbocycles. The normalized spacial score (nSPS) is 13.5. The number of alkyl halides is 3. The van der Waals surface area contributed by atoms with E-state index in [4.69, 9.17) is 9.57 Å². The average molecular weight is 390 g/mol. The molecule has 0 aliphatic rings. The predicted molar refractivity (Wildman–Crippen MR) is 101 cm³/mol. The number of ether oxygens (including phenoxy) is 1. The first-order valence-corrected chi connectivity index (χ1v) is 9.24. The Labute approximate surface area is 160 Å². The standard InChI is InChI=1S/C20H33F3N2O2/c1-24(27-16-14-25(2,3)4)19(9-7-6-8-15-26-5)17-10-12-18(13-11-17)20(21,22)23/h10-13H,6-9,14-16H2,1-5H3/q+2. The maximum absolute atomic E-state index is 12.8. The molecule has 0 aliphatic carbocycles. The second-order valence-electron chi connectivity index (χ2n) is 7.67. The highest BCUT2D eigenvalue weighted by atomic mass is 19.4. The van der Waals surface area contributed by atoms with Gasteiger partial charge in [-0.25, -0.2) is 0 Å². The van der Waals surface area contributed by atoms with Crippen molar-refractivity contribution in [2.75, 3.05) is 55.1 Å². The van der Waals surface area contributed by atoms with E-state index in [1.807, 2.05) is 7.05 Å². The molecule has 0 heterocycles. The number of hydrogen-bond acceptors (Lipinski definition) is 2. The Morgan fingerprint density at radius 2 is 1.63 bits per heavy atom. The van der Waals surface area contributed by atoms with E-state index in [1.54, 1.807) is 11.8 Å². The smallest absolute Gasteiger partial charge is 0.385 e. The van der Waals surface area contributed by atoms with E-state index in [0.717, 1.165) is 60.1 Å². The molecule has 0 amide bonds. The molecule has 4 nitrogen and oxygen atoms in total. The van der Waals surface area contributed by atoms with Crippen molar-refractivity contribution >= 4 is 5.71 Å². The minimum atomic E-state index is -4.33. The predicted octanol–water partition coefficient (Wildman–Crippen LogP) is 3.98. The fraction of sp³-hybridized carbons (Fsp3) is 0.650. The van der Waals surface area contributed by atoms with Gasteiger partial charge in [-0.1, -0.05) is 6.42 Å². The Balaban J connectivity index is 2.90. The van der Waals surface area contributed by atoms with Crippen molar-refractivity contribution in [1.29, 1.82) is 0 Å². The van der Waals surface area contributed by atoms with Crippen molar-refractivity contribution in [3.8, 4) is 0 Å². The molecule has 7 heteroatoms. The van der Waals surface area contributed by atoms with E-state index in [2.05, 4.69) is 21.1 Å². The van der Waals surface area contributed by atoms with E-state index in [-0.39, 0.29) is 0 Å². The van der Waals surface area contributed by atoms with Gasteiger partial charge in [-0.05, 0) is 41.8 Å². The van der Waals surface area contributed by atoms with Crippen LogP contribution >= 0.6 is 0 Å². The van der Waals surface area contributed by atoms with Crippen LogP contribution in [0.3, 0.4) is 0 Å². The number of methoxy groups -OCH3 is 1. The second-order valence-corrected chi connectivity index (χ2v) is 7.67. The fourth-order valence-electron chi connectivity index (χ4n) is 2.58. The van der Waals surface area contributed by atoms with Gasteiger partial charge in [-0.2, -0.15) is 13.2 Å². The summed E-state index contributed by atoms with van der Waals surface area (Å²) in [7, 11) is 9.74. The fourth-order valence-corrected chi connectivity index (χ4v) is 2.58. The van der Waals surface area contributed by atoms with Gasteiger partial charge in [0.25, 0.3) is 0 Å². The first kappa shape index (κ1) is 23.4. The average Bonchev–Trinajstić information content (AvgIpc) is 2.56. The summed E-state index contributed by atoms with van der Waals surface area (Å²) >= 11 is 0. The van der Waals surface area contributed by atoms with Crippen molar-refractivity contribution in [3.63, 3.8) is 0 Å². The monoisotopic (exact) mass is 390 g/mol. The minimum absolute atomic E-state index is 0.536. The van der Waals surface area contributed by atoms with Crippen molar-refractivity contribution in [2.24, 2.45) is 0 Å². The summed E-state index contributed by atoms with van der Waals surface area (Å²) in [5, 5.41) is 0. The topological polar surface area (TPSA) is 21.5 Å². The molecule has 0 aromatic heterocycles. The summed E-state index contributed by atoms with van der Waals surface area (Å²) in [6.45, 7) is 2.08. The van der Waals surface area contributed by atoms with E-state index in [1.165, 1.54) is 12.1 Å². The zero-order valence-corrected chi connectivity index (χ0v) is 17.1. The van der Waals surface area contributed by atoms with Crippen LogP contribution in [0.2, 0.25) is 0 Å². The van der Waals surface area contributed by atoms with Crippen molar-refractivity contribution in [3.05, 3.63) is 35.4 Å². The third-order valence-electron chi connectivity index (χ3n) is 4.23. The van der Waals surface area contributed by atoms with Crippen molar-refractivity contribution in [2.45, 2.75) is 31.9 Å². The van der Waals surface area contributed by atoms with Crippen LogP contribution in [0.15, 0.2) is 24.3 Å². The van der Waals surface area contributed by atoms with Crippen LogP contribution < -0.4 is 0 Å². The van der Waals surface area contributed by atoms with Gasteiger partial charge in [0.1, 0.15) is 6.54 Å². The van der Waals surface area contributed by atoms with Gasteiger partial charge in [0.05, 0.1) is 26.7 Å². The van der Waals surface area contributed by atoms with Gasteiger partial charge in [-0.3, -0.25) is 4.84 Å². The molecule has 0 saturated heterocycles. The molecule has 0 N–H and O–H groups in total. The molecule has 0 radical (unpaired) electrons. The van der Waals surface area contributed by atoms with Gasteiger partial charge < -0.3 is 9.22 Å². The van der Waals surface area contributed by atoms with Crippen LogP contribution in [-0.2, 0) is 15.8 Å². The van der Waals surface area contributed by atoms with Crippen molar-refractivity contribution in [1.82, 2.24) is 0 Å². The summed E-state index contributed by atoms with van der Waals surface area (Å²) in [5.41, 5.74) is 1.00. The maximum Gasteiger partial charge on any atom is 0.416 e. The second kappa shape index (κ2) is 10.7. The Kier molecular flexibility index (Phi) is 9.26. The molecule has 0 aliphatic heterocycles. The van der Waals surface area contributed by atoms with E-state index < -0.39 is 11.7 Å². The van der Waals surface area contributed by atoms with Crippen LogP contribution in [0, 0.1) is 0 Å². The van der Waals surface area contributed by atoms with Gasteiger partial charge in [0, 0.05) is 25.7 Å². The molecule has 1 aromatic rings. The molecule has 0 unspecified atom stereocenters. The van der Waals surface area contributed by atoms with Crippen LogP contribution in [0.5, 0.6) is 0 Å². The molecule has 0 bridgehead atoms. The molecular formula is C20H33F3N2O2+2. The first-order chi connectivity index (χ1) is 12.5. The zero-order chi connectivity index (χ0) is 20.5. The lowest BCUT2D eigenvalue weighted by molar-refractivity contribution is -0.880. The largest absolute Gasteiger partial charge is 0.416 e. The maximum atomic E-state index is 12.8. The Morgan fingerprint density at radius 1 is 1.00 bits per heavy atom. The Morgan fingerprint density at radius 3 is 2.15 bits per heavy atom. The Bertz CT molecular complexity index is 591. The van der Waals surface area contributed by atoms with Gasteiger partial charge in [0.2, 0.25) is 12.3 Å². The number of hydrogen-bond donors (Lipinski definition) is 0. The highest BCUT2D eigenvalue weighted by Crippen LogP contribution is 2.29. The lowest BCUT2D eigenvalue weighted by Crippen LogP contribution is -2.38. The van der Waals surface area contributed by atoms with E-state index >= 15 is 0 Å².